The van der Waals surface area contributed by atoms with E-state index in [1.165, 1.54) is 12.1 Å². The summed E-state index contributed by atoms with van der Waals surface area (Å²) in [6.45, 7) is 2.33. The number of aromatic nitrogens is 1. The Bertz CT molecular complexity index is 763. The maximum Gasteiger partial charge on any atom is 0.418 e. The summed E-state index contributed by atoms with van der Waals surface area (Å²) in [7, 11) is 0. The molecule has 0 atom stereocenters. The number of nitrogens with one attached hydrogen (secondary N) is 1. The van der Waals surface area contributed by atoms with Crippen molar-refractivity contribution in [2.75, 3.05) is 25.1 Å². The number of aliphatic hydroxyl groups is 1. The number of rotatable bonds is 8. The maximum absolute atomic E-state index is 13.2. The van der Waals surface area contributed by atoms with Crippen molar-refractivity contribution in [1.82, 2.24) is 4.98 Å². The molecule has 0 bridgehead atoms. The molecule has 1 aromatic carbocycles. The Labute approximate surface area is 149 Å². The molecule has 2 rings (SSSR count). The van der Waals surface area contributed by atoms with Gasteiger partial charge in [-0.3, -0.25) is 4.98 Å². The highest BCUT2D eigenvalue weighted by Crippen LogP contribution is 2.37. The minimum absolute atomic E-state index is 0.0845. The Kier molecular flexibility index (Phi) is 6.79. The molecule has 0 saturated carbocycles. The summed E-state index contributed by atoms with van der Waals surface area (Å²) < 4.78 is 44.7. The third-order valence-electron chi connectivity index (χ3n) is 3.83. The topological polar surface area (TPSA) is 71.5 Å². The summed E-state index contributed by atoms with van der Waals surface area (Å²) in [5.74, 6) is -0.642. The molecule has 142 valence electrons. The first kappa shape index (κ1) is 20.0. The predicted molar refractivity (Wildman–Crippen MR) is 92.1 cm³/mol. The van der Waals surface area contributed by atoms with Crippen molar-refractivity contribution in [1.29, 1.82) is 0 Å². The number of halogens is 3. The zero-order chi connectivity index (χ0) is 19.2. The average Bonchev–Trinajstić information content (AvgIpc) is 2.60. The second-order valence-corrected chi connectivity index (χ2v) is 5.68. The summed E-state index contributed by atoms with van der Waals surface area (Å²) in [4.78, 5) is 16.0. The van der Waals surface area contributed by atoms with Crippen LogP contribution in [-0.4, -0.2) is 35.8 Å². The number of para-hydroxylation sites is 1. The van der Waals surface area contributed by atoms with Crippen LogP contribution in [0.1, 0.15) is 42.1 Å². The molecule has 0 aliphatic rings. The molecule has 0 aliphatic carbocycles. The number of alkyl halides is 3. The number of unbranched alkanes of at least 4 members (excludes halogenated alkanes) is 2. The highest BCUT2D eigenvalue weighted by atomic mass is 19.4. The van der Waals surface area contributed by atoms with Crippen molar-refractivity contribution in [3.05, 3.63) is 35.5 Å². The number of fused-ring (bicyclic) bond motifs is 1. The van der Waals surface area contributed by atoms with E-state index in [1.807, 2.05) is 0 Å². The third kappa shape index (κ3) is 4.63. The van der Waals surface area contributed by atoms with Crippen molar-refractivity contribution in [2.45, 2.75) is 32.4 Å². The van der Waals surface area contributed by atoms with E-state index >= 15 is 0 Å². The molecule has 1 aromatic heterocycles. The SMILES string of the molecule is CCOC(=O)c1cnc2c(C(F)(F)F)cccc2c1NCCCCCO. The van der Waals surface area contributed by atoms with Crippen LogP contribution in [0, 0.1) is 0 Å². The number of pyridine rings is 1. The van der Waals surface area contributed by atoms with Gasteiger partial charge in [0.15, 0.2) is 0 Å². The van der Waals surface area contributed by atoms with Gasteiger partial charge in [0.2, 0.25) is 0 Å². The fourth-order valence-corrected chi connectivity index (χ4v) is 2.63. The minimum atomic E-state index is -4.55. The number of benzene rings is 1. The van der Waals surface area contributed by atoms with Gasteiger partial charge in [0, 0.05) is 24.7 Å². The minimum Gasteiger partial charge on any atom is -0.462 e. The van der Waals surface area contributed by atoms with Gasteiger partial charge in [0.05, 0.1) is 23.4 Å². The van der Waals surface area contributed by atoms with Gasteiger partial charge in [-0.05, 0) is 32.3 Å². The smallest absolute Gasteiger partial charge is 0.418 e. The number of ether oxygens (including phenoxy) is 1. The highest BCUT2D eigenvalue weighted by molar-refractivity contribution is 6.05. The number of anilines is 1. The van der Waals surface area contributed by atoms with Crippen LogP contribution in [0.4, 0.5) is 18.9 Å². The zero-order valence-electron chi connectivity index (χ0n) is 14.4. The van der Waals surface area contributed by atoms with Crippen LogP contribution in [0.25, 0.3) is 10.9 Å². The standard InChI is InChI=1S/C18H21F3N2O3/c1-2-26-17(25)13-11-23-16-12(7-6-8-14(16)18(19,20)21)15(13)22-9-4-3-5-10-24/h6-8,11,24H,2-5,9-10H2,1H3,(H,22,23). The quantitative estimate of drug-likeness (QED) is 0.543. The Morgan fingerprint density at radius 3 is 2.69 bits per heavy atom. The predicted octanol–water partition coefficient (Wildman–Crippen LogP) is 4.00. The van der Waals surface area contributed by atoms with Crippen LogP contribution >= 0.6 is 0 Å². The molecule has 0 aliphatic heterocycles. The molecule has 0 amide bonds. The summed E-state index contributed by atoms with van der Waals surface area (Å²) >= 11 is 0. The molecule has 26 heavy (non-hydrogen) atoms. The van der Waals surface area contributed by atoms with Gasteiger partial charge in [-0.25, -0.2) is 4.79 Å². The molecular formula is C18H21F3N2O3. The first-order valence-corrected chi connectivity index (χ1v) is 8.41. The molecule has 0 unspecified atom stereocenters. The van der Waals surface area contributed by atoms with Crippen LogP contribution in [-0.2, 0) is 10.9 Å². The van der Waals surface area contributed by atoms with E-state index in [0.717, 1.165) is 18.7 Å². The first-order valence-electron chi connectivity index (χ1n) is 8.41. The first-order chi connectivity index (χ1) is 12.4. The Morgan fingerprint density at radius 2 is 2.04 bits per heavy atom. The van der Waals surface area contributed by atoms with Gasteiger partial charge in [-0.2, -0.15) is 13.2 Å². The third-order valence-corrected chi connectivity index (χ3v) is 3.83. The van der Waals surface area contributed by atoms with Crippen molar-refractivity contribution in [3.8, 4) is 0 Å². The molecule has 2 aromatic rings. The lowest BCUT2D eigenvalue weighted by molar-refractivity contribution is -0.136. The zero-order valence-corrected chi connectivity index (χ0v) is 14.4. The number of carbonyl (C=O) groups excluding carboxylic acids is 1. The monoisotopic (exact) mass is 370 g/mol. The number of aliphatic hydroxyl groups excluding tert-OH is 1. The maximum atomic E-state index is 13.2. The van der Waals surface area contributed by atoms with Crippen molar-refractivity contribution in [2.24, 2.45) is 0 Å². The second-order valence-electron chi connectivity index (χ2n) is 5.68. The molecule has 0 spiro atoms. The largest absolute Gasteiger partial charge is 0.462 e. The number of nitrogens with zero attached hydrogens (tertiary/aromatic N) is 1. The van der Waals surface area contributed by atoms with E-state index in [9.17, 15) is 18.0 Å². The van der Waals surface area contributed by atoms with Crippen molar-refractivity contribution >= 4 is 22.6 Å². The number of carbonyl (C=O) groups is 1. The van der Waals surface area contributed by atoms with Gasteiger partial charge in [0.1, 0.15) is 5.56 Å². The summed E-state index contributed by atoms with van der Waals surface area (Å²) in [6, 6.07) is 3.75. The van der Waals surface area contributed by atoms with E-state index in [4.69, 9.17) is 9.84 Å². The van der Waals surface area contributed by atoms with Crippen LogP contribution in [0.2, 0.25) is 0 Å². The fraction of sp³-hybridized carbons (Fsp3) is 0.444. The van der Waals surface area contributed by atoms with Crippen LogP contribution in [0.15, 0.2) is 24.4 Å². The molecule has 0 saturated heterocycles. The number of esters is 1. The van der Waals surface area contributed by atoms with Crippen molar-refractivity contribution in [3.63, 3.8) is 0 Å². The lowest BCUT2D eigenvalue weighted by atomic mass is 10.0. The molecule has 0 fully saturated rings. The Balaban J connectivity index is 2.47. The van der Waals surface area contributed by atoms with E-state index in [-0.39, 0.29) is 35.4 Å². The van der Waals surface area contributed by atoms with Gasteiger partial charge in [-0.15, -0.1) is 0 Å². The second kappa shape index (κ2) is 8.84. The molecule has 2 N–H and O–H groups in total. The summed E-state index contributed by atoms with van der Waals surface area (Å²) in [5, 5.41) is 12.1. The molecule has 5 nitrogen and oxygen atoms in total. The van der Waals surface area contributed by atoms with Crippen LogP contribution in [0.5, 0.6) is 0 Å². The van der Waals surface area contributed by atoms with Gasteiger partial charge in [0.25, 0.3) is 0 Å². The lowest BCUT2D eigenvalue weighted by Gasteiger charge is -2.16. The van der Waals surface area contributed by atoms with Gasteiger partial charge >= 0.3 is 12.1 Å². The highest BCUT2D eigenvalue weighted by Gasteiger charge is 2.34. The van der Waals surface area contributed by atoms with Crippen molar-refractivity contribution < 1.29 is 27.8 Å². The number of hydrogen-bond acceptors (Lipinski definition) is 5. The molecule has 8 heteroatoms. The summed E-state index contributed by atoms with van der Waals surface area (Å²) in [6.07, 6.45) is -1.33. The Hall–Kier alpha value is -2.35. The Morgan fingerprint density at radius 1 is 1.27 bits per heavy atom. The van der Waals surface area contributed by atoms with E-state index in [1.54, 1.807) is 6.92 Å². The van der Waals surface area contributed by atoms with Gasteiger partial charge < -0.3 is 15.2 Å². The normalized spacial score (nSPS) is 11.6. The summed E-state index contributed by atoms with van der Waals surface area (Å²) in [5.41, 5.74) is -0.691. The molecule has 1 heterocycles. The number of hydrogen-bond donors (Lipinski definition) is 2. The van der Waals surface area contributed by atoms with Crippen LogP contribution < -0.4 is 5.32 Å². The molecular weight excluding hydrogens is 349 g/mol. The van der Waals surface area contributed by atoms with E-state index < -0.39 is 17.7 Å². The fourth-order valence-electron chi connectivity index (χ4n) is 2.63. The molecule has 0 radical (unpaired) electrons. The van der Waals surface area contributed by atoms with Gasteiger partial charge in [-0.1, -0.05) is 12.1 Å². The van der Waals surface area contributed by atoms with Crippen LogP contribution in [0.3, 0.4) is 0 Å². The lowest BCUT2D eigenvalue weighted by Crippen LogP contribution is -2.13. The van der Waals surface area contributed by atoms with E-state index in [2.05, 4.69) is 10.3 Å². The van der Waals surface area contributed by atoms with E-state index in [0.29, 0.717) is 19.4 Å². The average molecular weight is 370 g/mol.